The summed E-state index contributed by atoms with van der Waals surface area (Å²) >= 11 is 0. The SMILES string of the molecule is CC1(C)[C@H]2CC[C@@]1(C)[C@H](NC(=O)NCC(=O)N1CCCC1)C2. The van der Waals surface area contributed by atoms with Gasteiger partial charge in [-0.2, -0.15) is 0 Å². The summed E-state index contributed by atoms with van der Waals surface area (Å²) in [6, 6.07) is 0.0326. The summed E-state index contributed by atoms with van der Waals surface area (Å²) in [5.74, 6) is 0.737. The molecule has 1 heterocycles. The van der Waals surface area contributed by atoms with Gasteiger partial charge in [-0.15, -0.1) is 0 Å². The lowest BCUT2D eigenvalue weighted by Crippen LogP contribution is -2.51. The molecule has 1 saturated heterocycles. The lowest BCUT2D eigenvalue weighted by Gasteiger charge is -2.39. The number of carbonyl (C=O) groups excluding carboxylic acids is 2. The number of urea groups is 1. The van der Waals surface area contributed by atoms with E-state index in [2.05, 4.69) is 31.4 Å². The number of rotatable bonds is 3. The van der Waals surface area contributed by atoms with Gasteiger partial charge in [-0.3, -0.25) is 4.79 Å². The molecule has 0 aromatic rings. The van der Waals surface area contributed by atoms with Crippen LogP contribution in [-0.4, -0.2) is 42.5 Å². The first kappa shape index (κ1) is 15.6. The van der Waals surface area contributed by atoms with Crippen molar-refractivity contribution in [1.82, 2.24) is 15.5 Å². The lowest BCUT2D eigenvalue weighted by atomic mass is 9.69. The van der Waals surface area contributed by atoms with E-state index >= 15 is 0 Å². The Morgan fingerprint density at radius 1 is 1.18 bits per heavy atom. The van der Waals surface area contributed by atoms with Crippen LogP contribution in [0.25, 0.3) is 0 Å². The van der Waals surface area contributed by atoms with Gasteiger partial charge < -0.3 is 15.5 Å². The molecule has 22 heavy (non-hydrogen) atoms. The van der Waals surface area contributed by atoms with E-state index in [9.17, 15) is 9.59 Å². The third-order valence-corrected chi connectivity index (χ3v) is 6.96. The Labute approximate surface area is 133 Å². The summed E-state index contributed by atoms with van der Waals surface area (Å²) in [4.78, 5) is 26.0. The Hall–Kier alpha value is -1.26. The highest BCUT2D eigenvalue weighted by Crippen LogP contribution is 2.65. The highest BCUT2D eigenvalue weighted by Gasteiger charge is 2.61. The van der Waals surface area contributed by atoms with Crippen LogP contribution in [0.1, 0.15) is 52.9 Å². The quantitative estimate of drug-likeness (QED) is 0.839. The van der Waals surface area contributed by atoms with Gasteiger partial charge >= 0.3 is 6.03 Å². The standard InChI is InChI=1S/C17H29N3O2/c1-16(2)12-6-7-17(16,3)13(10-12)19-15(22)18-11-14(21)20-8-4-5-9-20/h12-13H,4-11H2,1-3H3,(H2,18,19,22)/t12-,13+,17-/m0/s1. The van der Waals surface area contributed by atoms with E-state index in [1.807, 2.05) is 4.90 Å². The maximum Gasteiger partial charge on any atom is 0.315 e. The number of likely N-dealkylation sites (tertiary alicyclic amines) is 1. The zero-order chi connectivity index (χ0) is 16.0. The van der Waals surface area contributed by atoms with Gasteiger partial charge in [-0.1, -0.05) is 20.8 Å². The Bertz CT molecular complexity index is 471. The van der Waals surface area contributed by atoms with Crippen LogP contribution in [-0.2, 0) is 4.79 Å². The van der Waals surface area contributed by atoms with Crippen LogP contribution in [0.15, 0.2) is 0 Å². The normalized spacial score (nSPS) is 35.7. The fraction of sp³-hybridized carbons (Fsp3) is 0.882. The second kappa shape index (κ2) is 5.43. The van der Waals surface area contributed by atoms with Crippen LogP contribution < -0.4 is 10.6 Å². The highest BCUT2D eigenvalue weighted by molar-refractivity contribution is 5.84. The molecule has 2 aliphatic carbocycles. The zero-order valence-electron chi connectivity index (χ0n) is 14.1. The molecular formula is C17H29N3O2. The second-order valence-electron chi connectivity index (χ2n) is 8.08. The molecule has 0 radical (unpaired) electrons. The smallest absolute Gasteiger partial charge is 0.315 e. The molecule has 2 saturated carbocycles. The predicted molar refractivity (Wildman–Crippen MR) is 85.4 cm³/mol. The van der Waals surface area contributed by atoms with Gasteiger partial charge in [-0.25, -0.2) is 4.79 Å². The van der Waals surface area contributed by atoms with E-state index in [1.54, 1.807) is 0 Å². The molecule has 124 valence electrons. The van der Waals surface area contributed by atoms with Gasteiger partial charge in [0.25, 0.3) is 0 Å². The maximum atomic E-state index is 12.2. The van der Waals surface area contributed by atoms with Crippen LogP contribution in [0.5, 0.6) is 0 Å². The molecule has 3 fully saturated rings. The van der Waals surface area contributed by atoms with Crippen LogP contribution in [0, 0.1) is 16.7 Å². The van der Waals surface area contributed by atoms with Crippen LogP contribution in [0.2, 0.25) is 0 Å². The van der Waals surface area contributed by atoms with Crippen molar-refractivity contribution >= 4 is 11.9 Å². The van der Waals surface area contributed by atoms with E-state index < -0.39 is 0 Å². The van der Waals surface area contributed by atoms with Crippen molar-refractivity contribution in [2.75, 3.05) is 19.6 Å². The van der Waals surface area contributed by atoms with Crippen molar-refractivity contribution in [2.45, 2.75) is 58.9 Å². The number of carbonyl (C=O) groups is 2. The van der Waals surface area contributed by atoms with Crippen molar-refractivity contribution in [2.24, 2.45) is 16.7 Å². The number of hydrogen-bond donors (Lipinski definition) is 2. The molecule has 2 bridgehead atoms. The summed E-state index contributed by atoms with van der Waals surface area (Å²) < 4.78 is 0. The summed E-state index contributed by atoms with van der Waals surface area (Å²) in [7, 11) is 0. The van der Waals surface area contributed by atoms with E-state index in [1.165, 1.54) is 12.8 Å². The predicted octanol–water partition coefficient (Wildman–Crippen LogP) is 2.12. The largest absolute Gasteiger partial charge is 0.341 e. The van der Waals surface area contributed by atoms with Crippen LogP contribution >= 0.6 is 0 Å². The Morgan fingerprint density at radius 2 is 1.86 bits per heavy atom. The van der Waals surface area contributed by atoms with Crippen molar-refractivity contribution in [3.63, 3.8) is 0 Å². The number of hydrogen-bond acceptors (Lipinski definition) is 2. The minimum Gasteiger partial charge on any atom is -0.341 e. The van der Waals surface area contributed by atoms with Crippen molar-refractivity contribution < 1.29 is 9.59 Å². The van der Waals surface area contributed by atoms with Crippen LogP contribution in [0.3, 0.4) is 0 Å². The number of nitrogens with zero attached hydrogens (tertiary/aromatic N) is 1. The molecule has 5 nitrogen and oxygen atoms in total. The first-order valence-corrected chi connectivity index (χ1v) is 8.67. The van der Waals surface area contributed by atoms with E-state index in [0.29, 0.717) is 5.92 Å². The molecule has 0 spiro atoms. The summed E-state index contributed by atoms with van der Waals surface area (Å²) in [5.41, 5.74) is 0.463. The van der Waals surface area contributed by atoms with Crippen molar-refractivity contribution in [3.05, 3.63) is 0 Å². The monoisotopic (exact) mass is 307 g/mol. The van der Waals surface area contributed by atoms with E-state index in [0.717, 1.165) is 32.4 Å². The second-order valence-corrected chi connectivity index (χ2v) is 8.08. The molecule has 1 aliphatic heterocycles. The van der Waals surface area contributed by atoms with Gasteiger partial charge in [-0.05, 0) is 48.9 Å². The molecule has 3 amide bonds. The summed E-state index contributed by atoms with van der Waals surface area (Å²) in [6.45, 7) is 8.75. The fourth-order valence-corrected chi connectivity index (χ4v) is 4.87. The molecule has 3 aliphatic rings. The highest BCUT2D eigenvalue weighted by atomic mass is 16.2. The topological polar surface area (TPSA) is 61.4 Å². The third-order valence-electron chi connectivity index (χ3n) is 6.96. The molecule has 3 atom stereocenters. The minimum absolute atomic E-state index is 0.0344. The average molecular weight is 307 g/mol. The molecular weight excluding hydrogens is 278 g/mol. The zero-order valence-corrected chi connectivity index (χ0v) is 14.1. The first-order chi connectivity index (χ1) is 10.3. The number of fused-ring (bicyclic) bond motifs is 2. The van der Waals surface area contributed by atoms with Crippen LogP contribution in [0.4, 0.5) is 4.79 Å². The third kappa shape index (κ3) is 2.38. The van der Waals surface area contributed by atoms with E-state index in [4.69, 9.17) is 0 Å². The minimum atomic E-state index is -0.192. The van der Waals surface area contributed by atoms with Gasteiger partial charge in [0.2, 0.25) is 5.91 Å². The maximum absolute atomic E-state index is 12.2. The van der Waals surface area contributed by atoms with Gasteiger partial charge in [0, 0.05) is 19.1 Å². The number of nitrogens with one attached hydrogen (secondary N) is 2. The molecule has 0 unspecified atom stereocenters. The van der Waals surface area contributed by atoms with Crippen molar-refractivity contribution in [3.8, 4) is 0 Å². The van der Waals surface area contributed by atoms with Gasteiger partial charge in [0.05, 0.1) is 6.54 Å². The number of amides is 3. The van der Waals surface area contributed by atoms with Gasteiger partial charge in [0.15, 0.2) is 0 Å². The van der Waals surface area contributed by atoms with E-state index in [-0.39, 0.29) is 35.4 Å². The lowest BCUT2D eigenvalue weighted by molar-refractivity contribution is -0.129. The molecule has 3 rings (SSSR count). The average Bonchev–Trinajstić information content (AvgIpc) is 3.11. The first-order valence-electron chi connectivity index (χ1n) is 8.67. The molecule has 0 aromatic heterocycles. The summed E-state index contributed by atoms with van der Waals surface area (Å²) in [5, 5.41) is 5.88. The molecule has 2 N–H and O–H groups in total. The Balaban J connectivity index is 1.49. The Kier molecular flexibility index (Phi) is 3.86. The molecule has 5 heteroatoms. The Morgan fingerprint density at radius 3 is 2.41 bits per heavy atom. The van der Waals surface area contributed by atoms with Crippen molar-refractivity contribution in [1.29, 1.82) is 0 Å². The molecule has 0 aromatic carbocycles. The summed E-state index contributed by atoms with van der Waals surface area (Å²) in [6.07, 6.45) is 5.68. The fourth-order valence-electron chi connectivity index (χ4n) is 4.87. The van der Waals surface area contributed by atoms with Gasteiger partial charge in [0.1, 0.15) is 0 Å².